The third-order valence-corrected chi connectivity index (χ3v) is 2.52. The maximum atomic E-state index is 13.3. The highest BCUT2D eigenvalue weighted by atomic mass is 19.1. The Morgan fingerprint density at radius 3 is 2.78 bits per heavy atom. The molecule has 1 N–H and O–H groups in total. The zero-order valence-corrected chi connectivity index (χ0v) is 9.77. The average Bonchev–Trinajstić information content (AvgIpc) is 2.39. The van der Waals surface area contributed by atoms with Gasteiger partial charge in [0.1, 0.15) is 5.82 Å². The lowest BCUT2D eigenvalue weighted by atomic mass is 10.1. The number of aryl methyl sites for hydroxylation is 1. The minimum atomic E-state index is -0.272. The van der Waals surface area contributed by atoms with E-state index in [1.54, 1.807) is 42.7 Å². The van der Waals surface area contributed by atoms with E-state index in [0.29, 0.717) is 17.7 Å². The molecule has 0 radical (unpaired) electrons. The second-order valence-electron chi connectivity index (χ2n) is 3.88. The largest absolute Gasteiger partial charge is 0.325 e. The number of hydrogen-bond acceptors (Lipinski definition) is 2. The lowest BCUT2D eigenvalue weighted by Gasteiger charge is -2.05. The van der Waals surface area contributed by atoms with E-state index in [-0.39, 0.29) is 18.1 Å². The third kappa shape index (κ3) is 3.38. The first-order valence-electron chi connectivity index (χ1n) is 5.69. The summed E-state index contributed by atoms with van der Waals surface area (Å²) in [5.41, 5.74) is 1.20. The number of aromatic nitrogens is 1. The first kappa shape index (κ1) is 12.2. The molecule has 0 bridgehead atoms. The molecule has 92 valence electrons. The summed E-state index contributed by atoms with van der Waals surface area (Å²) in [6, 6.07) is 9.98. The van der Waals surface area contributed by atoms with Gasteiger partial charge in [0.2, 0.25) is 5.91 Å². The molecule has 0 saturated carbocycles. The number of carbonyl (C=O) groups is 1. The second kappa shape index (κ2) is 5.91. The van der Waals surface area contributed by atoms with Crippen LogP contribution in [0, 0.1) is 5.82 Å². The van der Waals surface area contributed by atoms with Gasteiger partial charge in [-0.15, -0.1) is 0 Å². The van der Waals surface area contributed by atoms with Crippen molar-refractivity contribution in [2.45, 2.75) is 12.8 Å². The summed E-state index contributed by atoms with van der Waals surface area (Å²) in [7, 11) is 0. The van der Waals surface area contributed by atoms with E-state index < -0.39 is 0 Å². The van der Waals surface area contributed by atoms with Gasteiger partial charge in [-0.25, -0.2) is 4.39 Å². The maximum absolute atomic E-state index is 13.3. The minimum Gasteiger partial charge on any atom is -0.325 e. The molecule has 0 saturated heterocycles. The van der Waals surface area contributed by atoms with Crippen LogP contribution in [0.25, 0.3) is 0 Å². The Balaban J connectivity index is 1.88. The quantitative estimate of drug-likeness (QED) is 0.898. The standard InChI is InChI=1S/C14H13FN2O/c15-13-6-2-1-4-11(13)7-8-14(18)17-12-5-3-9-16-10-12/h1-6,9-10H,7-8H2,(H,17,18). The van der Waals surface area contributed by atoms with E-state index in [1.165, 1.54) is 6.07 Å². The Bertz CT molecular complexity index is 528. The van der Waals surface area contributed by atoms with Crippen molar-refractivity contribution < 1.29 is 9.18 Å². The maximum Gasteiger partial charge on any atom is 0.224 e. The normalized spacial score (nSPS) is 10.1. The number of nitrogens with zero attached hydrogens (tertiary/aromatic N) is 1. The summed E-state index contributed by atoms with van der Waals surface area (Å²) in [4.78, 5) is 15.5. The number of halogens is 1. The molecule has 0 aliphatic carbocycles. The summed E-state index contributed by atoms with van der Waals surface area (Å²) in [6.07, 6.45) is 3.84. The predicted octanol–water partition coefficient (Wildman–Crippen LogP) is 2.79. The zero-order chi connectivity index (χ0) is 12.8. The van der Waals surface area contributed by atoms with Crippen molar-refractivity contribution in [1.82, 2.24) is 4.98 Å². The third-order valence-electron chi connectivity index (χ3n) is 2.52. The Morgan fingerprint density at radius 2 is 2.06 bits per heavy atom. The summed E-state index contributed by atoms with van der Waals surface area (Å²) in [5.74, 6) is -0.419. The number of amides is 1. The SMILES string of the molecule is O=C(CCc1ccccc1F)Nc1cccnc1. The van der Waals surface area contributed by atoms with Crippen molar-refractivity contribution in [2.75, 3.05) is 5.32 Å². The Hall–Kier alpha value is -2.23. The smallest absolute Gasteiger partial charge is 0.224 e. The van der Waals surface area contributed by atoms with Crippen molar-refractivity contribution in [1.29, 1.82) is 0 Å². The van der Waals surface area contributed by atoms with Crippen molar-refractivity contribution in [3.05, 3.63) is 60.2 Å². The van der Waals surface area contributed by atoms with Gasteiger partial charge in [0.25, 0.3) is 0 Å². The van der Waals surface area contributed by atoms with Gasteiger partial charge in [-0.1, -0.05) is 18.2 Å². The van der Waals surface area contributed by atoms with Gasteiger partial charge >= 0.3 is 0 Å². The monoisotopic (exact) mass is 244 g/mol. The van der Waals surface area contributed by atoms with Crippen molar-refractivity contribution in [3.63, 3.8) is 0 Å². The highest BCUT2D eigenvalue weighted by Gasteiger charge is 2.05. The van der Waals surface area contributed by atoms with Crippen LogP contribution in [-0.4, -0.2) is 10.9 Å². The topological polar surface area (TPSA) is 42.0 Å². The molecule has 1 heterocycles. The van der Waals surface area contributed by atoms with E-state index in [4.69, 9.17) is 0 Å². The molecule has 18 heavy (non-hydrogen) atoms. The number of anilines is 1. The average molecular weight is 244 g/mol. The highest BCUT2D eigenvalue weighted by Crippen LogP contribution is 2.10. The fourth-order valence-corrected chi connectivity index (χ4v) is 1.61. The van der Waals surface area contributed by atoms with Gasteiger partial charge in [-0.3, -0.25) is 9.78 Å². The Kier molecular flexibility index (Phi) is 4.02. The number of rotatable bonds is 4. The first-order chi connectivity index (χ1) is 8.75. The minimum absolute atomic E-state index is 0.147. The molecule has 0 atom stereocenters. The Labute approximate surface area is 105 Å². The van der Waals surface area contributed by atoms with E-state index in [1.807, 2.05) is 0 Å². The van der Waals surface area contributed by atoms with Crippen LogP contribution in [0.1, 0.15) is 12.0 Å². The number of hydrogen-bond donors (Lipinski definition) is 1. The summed E-state index contributed by atoms with van der Waals surface area (Å²) in [5, 5.41) is 2.71. The molecule has 1 aromatic heterocycles. The lowest BCUT2D eigenvalue weighted by molar-refractivity contribution is -0.116. The van der Waals surface area contributed by atoms with E-state index in [9.17, 15) is 9.18 Å². The first-order valence-corrected chi connectivity index (χ1v) is 5.69. The number of benzene rings is 1. The van der Waals surface area contributed by atoms with Crippen molar-refractivity contribution in [2.24, 2.45) is 0 Å². The van der Waals surface area contributed by atoms with Gasteiger partial charge in [0.15, 0.2) is 0 Å². The molecule has 3 nitrogen and oxygen atoms in total. The molecule has 0 fully saturated rings. The number of pyridine rings is 1. The predicted molar refractivity (Wildman–Crippen MR) is 67.6 cm³/mol. The van der Waals surface area contributed by atoms with Crippen LogP contribution in [0.2, 0.25) is 0 Å². The molecule has 0 aliphatic rings. The van der Waals surface area contributed by atoms with Crippen molar-refractivity contribution >= 4 is 11.6 Å². The molecule has 2 rings (SSSR count). The van der Waals surface area contributed by atoms with E-state index >= 15 is 0 Å². The molecule has 4 heteroatoms. The van der Waals surface area contributed by atoms with Crippen LogP contribution in [0.3, 0.4) is 0 Å². The summed E-state index contributed by atoms with van der Waals surface area (Å²) in [6.45, 7) is 0. The molecule has 1 aromatic carbocycles. The molecule has 1 amide bonds. The van der Waals surface area contributed by atoms with Crippen LogP contribution in [0.15, 0.2) is 48.8 Å². The number of carbonyl (C=O) groups excluding carboxylic acids is 1. The van der Waals surface area contributed by atoms with E-state index in [0.717, 1.165) is 0 Å². The van der Waals surface area contributed by atoms with Crippen LogP contribution < -0.4 is 5.32 Å². The lowest BCUT2D eigenvalue weighted by Crippen LogP contribution is -2.12. The molecular formula is C14H13FN2O. The van der Waals surface area contributed by atoms with Gasteiger partial charge in [0, 0.05) is 12.6 Å². The van der Waals surface area contributed by atoms with E-state index in [2.05, 4.69) is 10.3 Å². The van der Waals surface area contributed by atoms with Gasteiger partial charge in [-0.05, 0) is 30.2 Å². The second-order valence-corrected chi connectivity index (χ2v) is 3.88. The molecule has 2 aromatic rings. The van der Waals surface area contributed by atoms with Crippen LogP contribution in [0.4, 0.5) is 10.1 Å². The van der Waals surface area contributed by atoms with Crippen LogP contribution >= 0.6 is 0 Å². The summed E-state index contributed by atoms with van der Waals surface area (Å²) >= 11 is 0. The van der Waals surface area contributed by atoms with Crippen molar-refractivity contribution in [3.8, 4) is 0 Å². The summed E-state index contributed by atoms with van der Waals surface area (Å²) < 4.78 is 13.3. The van der Waals surface area contributed by atoms with Crippen LogP contribution in [-0.2, 0) is 11.2 Å². The molecular weight excluding hydrogens is 231 g/mol. The fraction of sp³-hybridized carbons (Fsp3) is 0.143. The van der Waals surface area contributed by atoms with Crippen LogP contribution in [0.5, 0.6) is 0 Å². The molecule has 0 aliphatic heterocycles. The van der Waals surface area contributed by atoms with Gasteiger partial charge < -0.3 is 5.32 Å². The fourth-order valence-electron chi connectivity index (χ4n) is 1.61. The van der Waals surface area contributed by atoms with Gasteiger partial charge in [-0.2, -0.15) is 0 Å². The zero-order valence-electron chi connectivity index (χ0n) is 9.77. The molecule has 0 spiro atoms. The highest BCUT2D eigenvalue weighted by molar-refractivity contribution is 5.90. The Morgan fingerprint density at radius 1 is 1.22 bits per heavy atom. The molecule has 0 unspecified atom stereocenters. The van der Waals surface area contributed by atoms with Gasteiger partial charge in [0.05, 0.1) is 11.9 Å². The number of nitrogens with one attached hydrogen (secondary N) is 1.